The third kappa shape index (κ3) is 4.26. The van der Waals surface area contributed by atoms with Crippen LogP contribution >= 0.6 is 0 Å². The molecule has 1 aliphatic heterocycles. The van der Waals surface area contributed by atoms with Crippen LogP contribution in [0.25, 0.3) is 0 Å². The highest BCUT2D eigenvalue weighted by Gasteiger charge is 2.12. The van der Waals surface area contributed by atoms with E-state index in [1.54, 1.807) is 10.9 Å². The Morgan fingerprint density at radius 2 is 2.10 bits per heavy atom. The van der Waals surface area contributed by atoms with Gasteiger partial charge in [-0.05, 0) is 33.0 Å². The monoisotopic (exact) mass is 281 g/mol. The smallest absolute Gasteiger partial charge is 0.287 e. The molecule has 1 fully saturated rings. The van der Waals surface area contributed by atoms with Crippen LogP contribution in [-0.4, -0.2) is 70.5 Å². The number of hydrazine groups is 1. The average molecular weight is 281 g/mol. The minimum atomic E-state index is -0.418. The van der Waals surface area contributed by atoms with Gasteiger partial charge in [-0.25, -0.2) is 5.84 Å². The number of likely N-dealkylation sites (N-methyl/N-ethyl adjacent to an activating group) is 1. The zero-order valence-electron chi connectivity index (χ0n) is 12.0. The summed E-state index contributed by atoms with van der Waals surface area (Å²) in [5.41, 5.74) is 2.28. The molecule has 2 heterocycles. The molecule has 0 aromatic carbocycles. The number of nitrogen functional groups attached to an aromatic ring is 1. The number of carbonyl (C=O) groups excluding carboxylic acids is 1. The summed E-state index contributed by atoms with van der Waals surface area (Å²) in [5.74, 6) is 4.63. The Balaban J connectivity index is 1.68. The molecule has 112 valence electrons. The number of amides is 1. The Hall–Kier alpha value is -1.51. The standard InChI is InChI=1S/C12H23N7O/c1-17(6-8-18-4-2-3-5-18)7-9-19-10-11(15-16-19)12(20)14-13/h10H,2-9,13H2,1H3,(H,14,20). The van der Waals surface area contributed by atoms with Gasteiger partial charge in [0, 0.05) is 19.6 Å². The zero-order chi connectivity index (χ0) is 14.4. The van der Waals surface area contributed by atoms with Crippen molar-refractivity contribution in [1.82, 2.24) is 30.2 Å². The Labute approximate surface area is 118 Å². The highest BCUT2D eigenvalue weighted by molar-refractivity contribution is 5.91. The van der Waals surface area contributed by atoms with Gasteiger partial charge in [-0.1, -0.05) is 5.21 Å². The second kappa shape index (κ2) is 7.32. The van der Waals surface area contributed by atoms with Gasteiger partial charge in [0.05, 0.1) is 12.7 Å². The van der Waals surface area contributed by atoms with Crippen LogP contribution in [0.4, 0.5) is 0 Å². The van der Waals surface area contributed by atoms with Crippen molar-refractivity contribution < 1.29 is 4.79 Å². The van der Waals surface area contributed by atoms with Gasteiger partial charge in [0.25, 0.3) is 5.91 Å². The van der Waals surface area contributed by atoms with Crippen LogP contribution in [0.1, 0.15) is 23.3 Å². The Morgan fingerprint density at radius 3 is 2.80 bits per heavy atom. The van der Waals surface area contributed by atoms with Gasteiger partial charge in [0.15, 0.2) is 5.69 Å². The third-order valence-corrected chi connectivity index (χ3v) is 3.61. The normalized spacial score (nSPS) is 15.9. The van der Waals surface area contributed by atoms with Gasteiger partial charge in [0.1, 0.15) is 0 Å². The second-order valence-corrected chi connectivity index (χ2v) is 5.19. The fourth-order valence-electron chi connectivity index (χ4n) is 2.29. The number of carbonyl (C=O) groups is 1. The van der Waals surface area contributed by atoms with Gasteiger partial charge in [0.2, 0.25) is 0 Å². The van der Waals surface area contributed by atoms with Crippen molar-refractivity contribution in [1.29, 1.82) is 0 Å². The number of hydrogen-bond donors (Lipinski definition) is 2. The zero-order valence-corrected chi connectivity index (χ0v) is 12.0. The van der Waals surface area contributed by atoms with Gasteiger partial charge in [-0.2, -0.15) is 0 Å². The summed E-state index contributed by atoms with van der Waals surface area (Å²) in [7, 11) is 2.10. The quantitative estimate of drug-likeness (QED) is 0.375. The molecule has 1 aromatic rings. The lowest BCUT2D eigenvalue weighted by atomic mass is 10.4. The average Bonchev–Trinajstić information content (AvgIpc) is 3.13. The molecule has 0 atom stereocenters. The molecule has 0 spiro atoms. The van der Waals surface area contributed by atoms with Crippen molar-refractivity contribution in [2.24, 2.45) is 5.84 Å². The SMILES string of the molecule is CN(CCN1CCCC1)CCn1cc(C(=O)NN)nn1. The summed E-state index contributed by atoms with van der Waals surface area (Å²) in [4.78, 5) is 16.0. The maximum Gasteiger partial charge on any atom is 0.287 e. The summed E-state index contributed by atoms with van der Waals surface area (Å²) in [5, 5.41) is 7.68. The summed E-state index contributed by atoms with van der Waals surface area (Å²) >= 11 is 0. The maximum absolute atomic E-state index is 11.2. The maximum atomic E-state index is 11.2. The van der Waals surface area contributed by atoms with Crippen molar-refractivity contribution in [2.75, 3.05) is 39.8 Å². The number of rotatable bonds is 7. The summed E-state index contributed by atoms with van der Waals surface area (Å²) in [6.07, 6.45) is 4.26. The predicted molar refractivity (Wildman–Crippen MR) is 74.8 cm³/mol. The fraction of sp³-hybridized carbons (Fsp3) is 0.750. The molecule has 1 aromatic heterocycles. The highest BCUT2D eigenvalue weighted by atomic mass is 16.2. The van der Waals surface area contributed by atoms with E-state index in [1.807, 2.05) is 5.43 Å². The summed E-state index contributed by atoms with van der Waals surface area (Å²) in [6.45, 7) is 6.21. The molecule has 8 heteroatoms. The van der Waals surface area contributed by atoms with Crippen molar-refractivity contribution in [3.63, 3.8) is 0 Å². The Morgan fingerprint density at radius 1 is 1.40 bits per heavy atom. The van der Waals surface area contributed by atoms with E-state index in [1.165, 1.54) is 25.9 Å². The van der Waals surface area contributed by atoms with Crippen molar-refractivity contribution in [3.8, 4) is 0 Å². The van der Waals surface area contributed by atoms with Crippen LogP contribution in [-0.2, 0) is 6.54 Å². The lowest BCUT2D eigenvalue weighted by Crippen LogP contribution is -2.33. The fourth-order valence-corrected chi connectivity index (χ4v) is 2.29. The first kappa shape index (κ1) is 14.9. The molecular formula is C12H23N7O. The van der Waals surface area contributed by atoms with E-state index < -0.39 is 5.91 Å². The van der Waals surface area contributed by atoms with Crippen molar-refractivity contribution in [3.05, 3.63) is 11.9 Å². The minimum Gasteiger partial charge on any atom is -0.303 e. The highest BCUT2D eigenvalue weighted by Crippen LogP contribution is 2.06. The van der Waals surface area contributed by atoms with E-state index in [2.05, 4.69) is 27.2 Å². The minimum absolute atomic E-state index is 0.243. The first-order chi connectivity index (χ1) is 9.69. The predicted octanol–water partition coefficient (Wildman–Crippen LogP) is -1.09. The van der Waals surface area contributed by atoms with E-state index in [4.69, 9.17) is 5.84 Å². The molecule has 0 unspecified atom stereocenters. The first-order valence-electron chi connectivity index (χ1n) is 7.01. The number of hydrogen-bond acceptors (Lipinski definition) is 6. The number of nitrogens with two attached hydrogens (primary N) is 1. The molecule has 0 bridgehead atoms. The Bertz CT molecular complexity index is 427. The molecule has 0 saturated carbocycles. The van der Waals surface area contributed by atoms with Crippen LogP contribution in [0.15, 0.2) is 6.20 Å². The summed E-state index contributed by atoms with van der Waals surface area (Å²) < 4.78 is 1.66. The molecular weight excluding hydrogens is 258 g/mol. The van der Waals surface area contributed by atoms with Crippen molar-refractivity contribution >= 4 is 5.91 Å². The second-order valence-electron chi connectivity index (χ2n) is 5.19. The molecule has 20 heavy (non-hydrogen) atoms. The van der Waals surface area contributed by atoms with Crippen molar-refractivity contribution in [2.45, 2.75) is 19.4 Å². The van der Waals surface area contributed by atoms with E-state index >= 15 is 0 Å². The number of nitrogens with one attached hydrogen (secondary N) is 1. The summed E-state index contributed by atoms with van der Waals surface area (Å²) in [6, 6.07) is 0. The molecule has 2 rings (SSSR count). The molecule has 0 radical (unpaired) electrons. The van der Waals surface area contributed by atoms with E-state index in [-0.39, 0.29) is 5.69 Å². The van der Waals surface area contributed by atoms with E-state index in [9.17, 15) is 4.79 Å². The molecule has 0 aliphatic carbocycles. The largest absolute Gasteiger partial charge is 0.303 e. The van der Waals surface area contributed by atoms with Crippen LogP contribution in [0.3, 0.4) is 0 Å². The lowest BCUT2D eigenvalue weighted by Gasteiger charge is -2.21. The number of likely N-dealkylation sites (tertiary alicyclic amines) is 1. The lowest BCUT2D eigenvalue weighted by molar-refractivity contribution is 0.0948. The molecule has 1 saturated heterocycles. The number of nitrogens with zero attached hydrogens (tertiary/aromatic N) is 5. The van der Waals surface area contributed by atoms with Gasteiger partial charge in [-0.15, -0.1) is 5.10 Å². The van der Waals surface area contributed by atoms with E-state index in [0.29, 0.717) is 6.54 Å². The van der Waals surface area contributed by atoms with Gasteiger partial charge < -0.3 is 9.80 Å². The first-order valence-corrected chi connectivity index (χ1v) is 7.01. The topological polar surface area (TPSA) is 92.3 Å². The van der Waals surface area contributed by atoms with Crippen LogP contribution < -0.4 is 11.3 Å². The number of aromatic nitrogens is 3. The molecule has 1 aliphatic rings. The van der Waals surface area contributed by atoms with Gasteiger partial charge >= 0.3 is 0 Å². The van der Waals surface area contributed by atoms with Crippen LogP contribution in [0, 0.1) is 0 Å². The third-order valence-electron chi connectivity index (χ3n) is 3.61. The molecule has 8 nitrogen and oxygen atoms in total. The Kier molecular flexibility index (Phi) is 5.45. The van der Waals surface area contributed by atoms with Crippen LogP contribution in [0.5, 0.6) is 0 Å². The van der Waals surface area contributed by atoms with Gasteiger partial charge in [-0.3, -0.25) is 14.9 Å². The molecule has 1 amide bonds. The van der Waals surface area contributed by atoms with Crippen LogP contribution in [0.2, 0.25) is 0 Å². The van der Waals surface area contributed by atoms with E-state index in [0.717, 1.165) is 19.6 Å². The molecule has 3 N–H and O–H groups in total.